The van der Waals surface area contributed by atoms with Gasteiger partial charge in [-0.25, -0.2) is 10.8 Å². The monoisotopic (exact) mass is 281 g/mol. The average Bonchev–Trinajstić information content (AvgIpc) is 2.47. The fourth-order valence-corrected chi connectivity index (χ4v) is 2.53. The lowest BCUT2D eigenvalue weighted by Crippen LogP contribution is -2.36. The molecule has 2 rings (SSSR count). The van der Waals surface area contributed by atoms with Crippen molar-refractivity contribution in [1.29, 1.82) is 0 Å². The summed E-state index contributed by atoms with van der Waals surface area (Å²) >= 11 is 0. The third kappa shape index (κ3) is 3.34. The minimum atomic E-state index is -0.457. The van der Waals surface area contributed by atoms with Crippen molar-refractivity contribution in [2.45, 2.75) is 19.3 Å². The van der Waals surface area contributed by atoms with Crippen molar-refractivity contribution >= 4 is 17.3 Å². The Kier molecular flexibility index (Phi) is 4.70. The van der Waals surface area contributed by atoms with E-state index >= 15 is 0 Å². The summed E-state index contributed by atoms with van der Waals surface area (Å²) in [4.78, 5) is 16.8. The van der Waals surface area contributed by atoms with Crippen LogP contribution < -0.4 is 16.2 Å². The molecule has 8 nitrogen and oxygen atoms in total. The molecule has 0 amide bonds. The van der Waals surface area contributed by atoms with E-state index in [0.29, 0.717) is 11.7 Å². The number of piperidine rings is 1. The molecule has 1 aromatic rings. The zero-order chi connectivity index (χ0) is 14.5. The number of nitrogens with zero attached hydrogens (tertiary/aromatic N) is 3. The molecule has 110 valence electrons. The number of anilines is 2. The molecule has 1 aliphatic rings. The van der Waals surface area contributed by atoms with Crippen molar-refractivity contribution in [2.24, 2.45) is 11.8 Å². The molecular weight excluding hydrogens is 262 g/mol. The van der Waals surface area contributed by atoms with Gasteiger partial charge in [0.05, 0.1) is 17.1 Å². The minimum Gasteiger partial charge on any atom is -0.396 e. The molecule has 1 saturated heterocycles. The van der Waals surface area contributed by atoms with Crippen molar-refractivity contribution in [1.82, 2.24) is 4.98 Å². The van der Waals surface area contributed by atoms with E-state index in [1.807, 2.05) is 4.90 Å². The van der Waals surface area contributed by atoms with E-state index in [1.165, 1.54) is 12.1 Å². The Bertz CT molecular complexity index is 480. The third-order valence-electron chi connectivity index (χ3n) is 3.54. The summed E-state index contributed by atoms with van der Waals surface area (Å²) < 4.78 is 0. The molecule has 4 N–H and O–H groups in total. The lowest BCUT2D eigenvalue weighted by Gasteiger charge is -2.33. The predicted molar refractivity (Wildman–Crippen MR) is 75.3 cm³/mol. The van der Waals surface area contributed by atoms with Crippen LogP contribution in [0.4, 0.5) is 17.3 Å². The fraction of sp³-hybridized carbons (Fsp3) is 0.583. The van der Waals surface area contributed by atoms with E-state index in [-0.39, 0.29) is 18.1 Å². The van der Waals surface area contributed by atoms with Gasteiger partial charge in [0.25, 0.3) is 5.69 Å². The first kappa shape index (κ1) is 14.5. The standard InChI is InChI=1S/C12H19N5O3/c13-15-11-6-10(17(19)20)7-12(14-11)16-4-1-2-9(8-16)3-5-18/h6-7,9,18H,1-5,8,13H2,(H,14,15). The van der Waals surface area contributed by atoms with Gasteiger partial charge >= 0.3 is 0 Å². The first-order valence-electron chi connectivity index (χ1n) is 6.63. The number of nitrogens with two attached hydrogens (primary N) is 1. The second-order valence-corrected chi connectivity index (χ2v) is 4.94. The molecule has 1 aromatic heterocycles. The topological polar surface area (TPSA) is 118 Å². The molecule has 0 bridgehead atoms. The number of hydrogen-bond acceptors (Lipinski definition) is 7. The first-order valence-corrected chi connectivity index (χ1v) is 6.63. The molecular formula is C12H19N5O3. The highest BCUT2D eigenvalue weighted by molar-refractivity contribution is 5.55. The Morgan fingerprint density at radius 2 is 2.40 bits per heavy atom. The molecule has 1 aliphatic heterocycles. The van der Waals surface area contributed by atoms with Gasteiger partial charge in [-0.1, -0.05) is 0 Å². The van der Waals surface area contributed by atoms with Crippen LogP contribution >= 0.6 is 0 Å². The van der Waals surface area contributed by atoms with Crippen LogP contribution in [0, 0.1) is 16.0 Å². The summed E-state index contributed by atoms with van der Waals surface area (Å²) in [6, 6.07) is 2.76. The molecule has 20 heavy (non-hydrogen) atoms. The van der Waals surface area contributed by atoms with Crippen molar-refractivity contribution < 1.29 is 10.0 Å². The summed E-state index contributed by atoms with van der Waals surface area (Å²) in [6.45, 7) is 1.72. The Hall–Kier alpha value is -1.93. The highest BCUT2D eigenvalue weighted by Crippen LogP contribution is 2.27. The second-order valence-electron chi connectivity index (χ2n) is 4.94. The van der Waals surface area contributed by atoms with Crippen molar-refractivity contribution in [3.8, 4) is 0 Å². The van der Waals surface area contributed by atoms with Gasteiger partial charge in [0.1, 0.15) is 11.6 Å². The van der Waals surface area contributed by atoms with Crippen molar-refractivity contribution in [2.75, 3.05) is 30.0 Å². The zero-order valence-electron chi connectivity index (χ0n) is 11.2. The number of aliphatic hydroxyl groups is 1. The Morgan fingerprint density at radius 3 is 3.05 bits per heavy atom. The lowest BCUT2D eigenvalue weighted by atomic mass is 9.95. The smallest absolute Gasteiger partial charge is 0.276 e. The Labute approximate surface area is 116 Å². The molecule has 0 aromatic carbocycles. The van der Waals surface area contributed by atoms with Crippen LogP contribution in [0.15, 0.2) is 12.1 Å². The van der Waals surface area contributed by atoms with E-state index in [4.69, 9.17) is 10.9 Å². The van der Waals surface area contributed by atoms with Gasteiger partial charge in [-0.05, 0) is 25.2 Å². The quantitative estimate of drug-likeness (QED) is 0.416. The van der Waals surface area contributed by atoms with E-state index < -0.39 is 4.92 Å². The zero-order valence-corrected chi connectivity index (χ0v) is 11.2. The fourth-order valence-electron chi connectivity index (χ4n) is 2.53. The number of nitrogens with one attached hydrogen (secondary N) is 1. The first-order chi connectivity index (χ1) is 9.63. The van der Waals surface area contributed by atoms with Crippen LogP contribution in [-0.4, -0.2) is 34.7 Å². The normalized spacial score (nSPS) is 18.9. The molecule has 0 radical (unpaired) electrons. The molecule has 8 heteroatoms. The molecule has 0 saturated carbocycles. The van der Waals surface area contributed by atoms with Gasteiger partial charge < -0.3 is 15.4 Å². The number of nitrogen functional groups attached to an aromatic ring is 1. The van der Waals surface area contributed by atoms with E-state index in [0.717, 1.165) is 32.4 Å². The lowest BCUT2D eigenvalue weighted by molar-refractivity contribution is -0.384. The number of aromatic nitrogens is 1. The van der Waals surface area contributed by atoms with E-state index in [1.54, 1.807) is 0 Å². The molecule has 0 spiro atoms. The molecule has 1 atom stereocenters. The molecule has 2 heterocycles. The summed E-state index contributed by atoms with van der Waals surface area (Å²) in [5.74, 6) is 6.53. The number of nitro groups is 1. The highest BCUT2D eigenvalue weighted by atomic mass is 16.6. The maximum Gasteiger partial charge on any atom is 0.276 e. The minimum absolute atomic E-state index is 0.0350. The van der Waals surface area contributed by atoms with E-state index in [9.17, 15) is 10.1 Å². The highest BCUT2D eigenvalue weighted by Gasteiger charge is 2.22. The van der Waals surface area contributed by atoms with Gasteiger partial charge in [-0.15, -0.1) is 0 Å². The summed E-state index contributed by atoms with van der Waals surface area (Å²) in [5, 5.41) is 20.0. The van der Waals surface area contributed by atoms with Crippen LogP contribution in [0.25, 0.3) is 0 Å². The van der Waals surface area contributed by atoms with Crippen LogP contribution in [0.2, 0.25) is 0 Å². The maximum absolute atomic E-state index is 10.9. The van der Waals surface area contributed by atoms with Gasteiger partial charge in [0, 0.05) is 19.7 Å². The Morgan fingerprint density at radius 1 is 1.60 bits per heavy atom. The van der Waals surface area contributed by atoms with Gasteiger partial charge in [-0.2, -0.15) is 0 Å². The van der Waals surface area contributed by atoms with Crippen LogP contribution in [-0.2, 0) is 0 Å². The van der Waals surface area contributed by atoms with Crippen LogP contribution in [0.5, 0.6) is 0 Å². The number of hydrazine groups is 1. The second kappa shape index (κ2) is 6.49. The SMILES string of the molecule is NNc1cc([N+](=O)[O-])cc(N2CCCC(CCO)C2)n1. The summed E-state index contributed by atoms with van der Waals surface area (Å²) in [6.07, 6.45) is 2.79. The maximum atomic E-state index is 10.9. The van der Waals surface area contributed by atoms with E-state index in [2.05, 4.69) is 10.4 Å². The van der Waals surface area contributed by atoms with Crippen molar-refractivity contribution in [3.05, 3.63) is 22.2 Å². The Balaban J connectivity index is 2.22. The van der Waals surface area contributed by atoms with Crippen LogP contribution in [0.3, 0.4) is 0 Å². The molecule has 1 unspecified atom stereocenters. The summed E-state index contributed by atoms with van der Waals surface area (Å²) in [7, 11) is 0. The number of pyridine rings is 1. The molecule has 1 fully saturated rings. The van der Waals surface area contributed by atoms with Gasteiger partial charge in [-0.3, -0.25) is 10.1 Å². The van der Waals surface area contributed by atoms with Gasteiger partial charge in [0.2, 0.25) is 0 Å². The number of aliphatic hydroxyl groups excluding tert-OH is 1. The largest absolute Gasteiger partial charge is 0.396 e. The average molecular weight is 281 g/mol. The number of rotatable bonds is 5. The molecule has 0 aliphatic carbocycles. The van der Waals surface area contributed by atoms with Crippen molar-refractivity contribution in [3.63, 3.8) is 0 Å². The van der Waals surface area contributed by atoms with Crippen LogP contribution in [0.1, 0.15) is 19.3 Å². The summed E-state index contributed by atoms with van der Waals surface area (Å²) in [5.41, 5.74) is 2.32. The third-order valence-corrected chi connectivity index (χ3v) is 3.54. The van der Waals surface area contributed by atoms with Gasteiger partial charge in [0.15, 0.2) is 0 Å². The predicted octanol–water partition coefficient (Wildman–Crippen LogP) is 0.874. The number of hydrogen-bond donors (Lipinski definition) is 3.